The molecule has 1 aromatic rings. The van der Waals surface area contributed by atoms with Gasteiger partial charge in [0.1, 0.15) is 18.4 Å². The number of anilines is 1. The van der Waals surface area contributed by atoms with Gasteiger partial charge in [-0.1, -0.05) is 25.7 Å². The molecular formula is C25H34F2N4O6. The first-order valence-electron chi connectivity index (χ1n) is 13.0. The first kappa shape index (κ1) is 27.2. The second-order valence-electron chi connectivity index (χ2n) is 10.1. The van der Waals surface area contributed by atoms with Crippen LogP contribution in [0.15, 0.2) is 18.3 Å². The van der Waals surface area contributed by atoms with Crippen LogP contribution >= 0.6 is 0 Å². The molecule has 1 aliphatic carbocycles. The van der Waals surface area contributed by atoms with Crippen LogP contribution in [0.1, 0.15) is 57.8 Å². The van der Waals surface area contributed by atoms with Crippen molar-refractivity contribution in [3.05, 3.63) is 29.4 Å². The molecule has 1 aromatic heterocycles. The minimum absolute atomic E-state index is 0.0427. The molecular weight excluding hydrogens is 490 g/mol. The molecule has 3 fully saturated rings. The maximum Gasteiger partial charge on any atom is 0.330 e. The van der Waals surface area contributed by atoms with Crippen LogP contribution in [0, 0.1) is 22.9 Å². The van der Waals surface area contributed by atoms with Crippen molar-refractivity contribution in [1.82, 2.24) is 9.96 Å². The van der Waals surface area contributed by atoms with Gasteiger partial charge in [-0.25, -0.2) is 33.5 Å². The number of hydrogen-bond donors (Lipinski definition) is 1. The summed E-state index contributed by atoms with van der Waals surface area (Å²) in [5.41, 5.74) is 0. The van der Waals surface area contributed by atoms with Gasteiger partial charge in [0, 0.05) is 25.5 Å². The fourth-order valence-electron chi connectivity index (χ4n) is 5.45. The molecule has 0 aromatic carbocycles. The Bertz CT molecular complexity index is 957. The Morgan fingerprint density at radius 2 is 2.03 bits per heavy atom. The number of alkyl halides is 1. The van der Waals surface area contributed by atoms with Crippen LogP contribution in [-0.4, -0.2) is 66.4 Å². The monoisotopic (exact) mass is 524 g/mol. The second-order valence-corrected chi connectivity index (χ2v) is 10.1. The number of amides is 3. The number of rotatable bonds is 10. The average molecular weight is 525 g/mol. The molecule has 1 N–H and O–H groups in total. The zero-order valence-corrected chi connectivity index (χ0v) is 20.7. The molecule has 12 heteroatoms. The summed E-state index contributed by atoms with van der Waals surface area (Å²) < 4.78 is 33.5. The van der Waals surface area contributed by atoms with E-state index in [2.05, 4.69) is 5.32 Å². The third-order valence-corrected chi connectivity index (χ3v) is 7.32. The fraction of sp³-hybridized carbons (Fsp3) is 0.680. The molecule has 2 saturated heterocycles. The molecule has 2 aliphatic heterocycles. The summed E-state index contributed by atoms with van der Waals surface area (Å²) in [5.74, 6) is -2.60. The van der Waals surface area contributed by atoms with Crippen molar-refractivity contribution in [2.75, 3.05) is 25.0 Å². The third kappa shape index (κ3) is 7.13. The molecule has 4 rings (SSSR count). The predicted octanol–water partition coefficient (Wildman–Crippen LogP) is 2.45. The molecule has 1 saturated carbocycles. The normalized spacial score (nSPS) is 25.1. The summed E-state index contributed by atoms with van der Waals surface area (Å²) in [7, 11) is 0. The molecule has 0 bridgehead atoms. The lowest BCUT2D eigenvalue weighted by atomic mass is 9.91. The van der Waals surface area contributed by atoms with Gasteiger partial charge in [0.2, 0.25) is 12.3 Å². The summed E-state index contributed by atoms with van der Waals surface area (Å²) in [6.45, 7) is 0.216. The molecule has 3 amide bonds. The van der Waals surface area contributed by atoms with Gasteiger partial charge in [0.25, 0.3) is 5.82 Å². The standard InChI is InChI=1S/C25H34F2N4O6/c26-19-8-9-22(31(35)15-19)28-24(33)21-12-20(27)14-30(21)25(34)18(11-17-5-1-2-6-17)13-29(16-32)37-23-7-3-4-10-36-23/h8-9,15-18,20-21,23H,1-7,10-14H2,(H,28,33). The van der Waals surface area contributed by atoms with Crippen LogP contribution in [0.2, 0.25) is 0 Å². The first-order valence-corrected chi connectivity index (χ1v) is 13.0. The Labute approximate surface area is 214 Å². The third-order valence-electron chi connectivity index (χ3n) is 7.32. The van der Waals surface area contributed by atoms with E-state index in [1.54, 1.807) is 0 Å². The van der Waals surface area contributed by atoms with Gasteiger partial charge in [0.05, 0.1) is 19.0 Å². The number of halogens is 2. The van der Waals surface area contributed by atoms with Crippen molar-refractivity contribution < 1.29 is 37.5 Å². The number of ether oxygens (including phenoxy) is 1. The molecule has 4 atom stereocenters. The molecule has 10 nitrogen and oxygen atoms in total. The maximum absolute atomic E-state index is 14.5. The van der Waals surface area contributed by atoms with Crippen LogP contribution in [0.3, 0.4) is 0 Å². The topological polar surface area (TPSA) is 115 Å². The smallest absolute Gasteiger partial charge is 0.330 e. The number of nitrogens with one attached hydrogen (secondary N) is 1. The predicted molar refractivity (Wildman–Crippen MR) is 127 cm³/mol. The molecule has 0 spiro atoms. The van der Waals surface area contributed by atoms with Gasteiger partial charge in [0.15, 0.2) is 12.1 Å². The summed E-state index contributed by atoms with van der Waals surface area (Å²) in [4.78, 5) is 45.4. The highest BCUT2D eigenvalue weighted by molar-refractivity contribution is 5.97. The van der Waals surface area contributed by atoms with Crippen LogP contribution in [0.25, 0.3) is 0 Å². The van der Waals surface area contributed by atoms with Gasteiger partial charge in [-0.15, -0.1) is 0 Å². The zero-order valence-electron chi connectivity index (χ0n) is 20.7. The summed E-state index contributed by atoms with van der Waals surface area (Å²) in [6.07, 6.45) is 5.92. The molecule has 204 valence electrons. The largest absolute Gasteiger partial charge is 0.711 e. The minimum Gasteiger partial charge on any atom is -0.711 e. The first-order chi connectivity index (χ1) is 17.8. The van der Waals surface area contributed by atoms with Crippen molar-refractivity contribution in [2.45, 2.75) is 76.3 Å². The molecule has 3 heterocycles. The van der Waals surface area contributed by atoms with Crippen molar-refractivity contribution in [3.63, 3.8) is 0 Å². The number of likely N-dealkylation sites (tertiary alicyclic amines) is 1. The SMILES string of the molecule is O=CN(CC(CC1CCCC1)C(=O)N1CC(F)CC1C(=O)Nc1ccc(F)c[n+]1[O-])OC1CCCCO1. The zero-order chi connectivity index (χ0) is 26.4. The van der Waals surface area contributed by atoms with Gasteiger partial charge in [-0.3, -0.25) is 9.59 Å². The molecule has 0 radical (unpaired) electrons. The summed E-state index contributed by atoms with van der Waals surface area (Å²) >= 11 is 0. The number of hydrogen-bond acceptors (Lipinski definition) is 6. The summed E-state index contributed by atoms with van der Waals surface area (Å²) in [5, 5.41) is 15.4. The quantitative estimate of drug-likeness (QED) is 0.218. The number of carbonyl (C=O) groups is 3. The maximum atomic E-state index is 14.5. The highest BCUT2D eigenvalue weighted by atomic mass is 19.1. The van der Waals surface area contributed by atoms with Crippen molar-refractivity contribution in [3.8, 4) is 0 Å². The van der Waals surface area contributed by atoms with Crippen LogP contribution in [0.5, 0.6) is 0 Å². The summed E-state index contributed by atoms with van der Waals surface area (Å²) in [6, 6.07) is 0.969. The average Bonchev–Trinajstić information content (AvgIpc) is 3.54. The van der Waals surface area contributed by atoms with Gasteiger partial charge in [-0.2, -0.15) is 0 Å². The van der Waals surface area contributed by atoms with E-state index in [4.69, 9.17) is 9.57 Å². The van der Waals surface area contributed by atoms with E-state index in [-0.39, 0.29) is 36.0 Å². The van der Waals surface area contributed by atoms with E-state index in [9.17, 15) is 28.4 Å². The number of nitrogens with zero attached hydrogens (tertiary/aromatic N) is 3. The molecule has 4 unspecified atom stereocenters. The van der Waals surface area contributed by atoms with Crippen LogP contribution < -0.4 is 10.0 Å². The minimum atomic E-state index is -1.42. The molecule has 3 aliphatic rings. The van der Waals surface area contributed by atoms with E-state index in [1.807, 2.05) is 0 Å². The van der Waals surface area contributed by atoms with Crippen LogP contribution in [0.4, 0.5) is 14.6 Å². The Morgan fingerprint density at radius 3 is 2.70 bits per heavy atom. The lowest BCUT2D eigenvalue weighted by Crippen LogP contribution is -2.49. The Kier molecular flexibility index (Phi) is 9.25. The van der Waals surface area contributed by atoms with E-state index >= 15 is 0 Å². The van der Waals surface area contributed by atoms with Gasteiger partial charge >= 0.3 is 5.91 Å². The van der Waals surface area contributed by atoms with Gasteiger partial charge in [-0.05, 0) is 31.2 Å². The second kappa shape index (κ2) is 12.6. The fourth-order valence-corrected chi connectivity index (χ4v) is 5.45. The molecule has 37 heavy (non-hydrogen) atoms. The lowest BCUT2D eigenvalue weighted by Gasteiger charge is -2.32. The van der Waals surface area contributed by atoms with Crippen molar-refractivity contribution >= 4 is 24.0 Å². The van der Waals surface area contributed by atoms with E-state index in [0.717, 1.165) is 55.7 Å². The number of aromatic nitrogens is 1. The van der Waals surface area contributed by atoms with Crippen LogP contribution in [-0.2, 0) is 24.0 Å². The van der Waals surface area contributed by atoms with Gasteiger partial charge < -0.3 is 14.8 Å². The lowest BCUT2D eigenvalue weighted by molar-refractivity contribution is -0.591. The number of pyridine rings is 1. The highest BCUT2D eigenvalue weighted by Gasteiger charge is 2.44. The van der Waals surface area contributed by atoms with E-state index < -0.39 is 42.1 Å². The number of hydroxylamine groups is 2. The highest BCUT2D eigenvalue weighted by Crippen LogP contribution is 2.33. The van der Waals surface area contributed by atoms with Crippen molar-refractivity contribution in [1.29, 1.82) is 0 Å². The Balaban J connectivity index is 1.48. The van der Waals surface area contributed by atoms with E-state index in [0.29, 0.717) is 32.1 Å². The van der Waals surface area contributed by atoms with E-state index in [1.165, 1.54) is 4.90 Å². The Morgan fingerprint density at radius 1 is 1.27 bits per heavy atom. The van der Waals surface area contributed by atoms with Crippen molar-refractivity contribution in [2.24, 2.45) is 11.8 Å². The number of carbonyl (C=O) groups excluding carboxylic acids is 3. The Hall–Kier alpha value is -2.86.